The van der Waals surface area contributed by atoms with Crippen LogP contribution in [-0.4, -0.2) is 52.0 Å². The van der Waals surface area contributed by atoms with E-state index in [4.69, 9.17) is 4.74 Å². The van der Waals surface area contributed by atoms with Gasteiger partial charge in [-0.1, -0.05) is 23.9 Å². The van der Waals surface area contributed by atoms with Crippen LogP contribution >= 0.6 is 11.8 Å². The molecular weight excluding hydrogens is 390 g/mol. The summed E-state index contributed by atoms with van der Waals surface area (Å²) in [6.07, 6.45) is -0.0924. The number of carbonyl (C=O) groups excluding carboxylic acids is 2. The summed E-state index contributed by atoms with van der Waals surface area (Å²) in [5.41, 5.74) is 2.25. The van der Waals surface area contributed by atoms with Crippen LogP contribution in [0.2, 0.25) is 0 Å². The standard InChI is InChI=1S/C21H23N3O4S/c1-27-21(26)22-15-6-7-19-17(14-15)24(16-4-2-3-5-18(16)29-19)20(25)8-9-23-10-12-28-13-11-23/h2-7,14H,8-13H2,1H3,(H,22,26)/p+1. The number of carbonyl (C=O) groups is 2. The summed E-state index contributed by atoms with van der Waals surface area (Å²) in [6.45, 7) is 4.15. The van der Waals surface area contributed by atoms with Crippen LogP contribution in [0.3, 0.4) is 0 Å². The normalized spacial score (nSPS) is 16.0. The van der Waals surface area contributed by atoms with E-state index in [1.807, 2.05) is 42.5 Å². The SMILES string of the molecule is COC(=O)Nc1ccc2c(c1)N(C(=O)CC[NH+]1CCOCC1)c1ccccc1S2. The van der Waals surface area contributed by atoms with Gasteiger partial charge in [0.25, 0.3) is 0 Å². The summed E-state index contributed by atoms with van der Waals surface area (Å²) in [6, 6.07) is 13.5. The molecule has 152 valence electrons. The van der Waals surface area contributed by atoms with Crippen molar-refractivity contribution in [3.05, 3.63) is 42.5 Å². The molecule has 2 amide bonds. The van der Waals surface area contributed by atoms with Gasteiger partial charge in [0.1, 0.15) is 13.1 Å². The van der Waals surface area contributed by atoms with Crippen LogP contribution in [0.1, 0.15) is 6.42 Å². The minimum atomic E-state index is -0.539. The molecule has 0 saturated carbocycles. The Labute approximate surface area is 174 Å². The van der Waals surface area contributed by atoms with Crippen molar-refractivity contribution in [2.75, 3.05) is 50.2 Å². The molecule has 2 N–H and O–H groups in total. The van der Waals surface area contributed by atoms with E-state index in [9.17, 15) is 9.59 Å². The first-order valence-electron chi connectivity index (χ1n) is 9.66. The number of rotatable bonds is 4. The summed E-state index contributed by atoms with van der Waals surface area (Å²) in [7, 11) is 1.32. The molecule has 8 heteroatoms. The lowest BCUT2D eigenvalue weighted by molar-refractivity contribution is -0.907. The number of ether oxygens (including phenoxy) is 2. The zero-order valence-electron chi connectivity index (χ0n) is 16.3. The summed E-state index contributed by atoms with van der Waals surface area (Å²) in [4.78, 5) is 30.1. The van der Waals surface area contributed by atoms with E-state index in [1.165, 1.54) is 12.0 Å². The molecule has 29 heavy (non-hydrogen) atoms. The van der Waals surface area contributed by atoms with Crippen molar-refractivity contribution in [1.29, 1.82) is 0 Å². The third-order valence-electron chi connectivity index (χ3n) is 5.10. The van der Waals surface area contributed by atoms with Crippen LogP contribution in [0.5, 0.6) is 0 Å². The van der Waals surface area contributed by atoms with Gasteiger partial charge in [-0.2, -0.15) is 0 Å². The lowest BCUT2D eigenvalue weighted by atomic mass is 10.2. The highest BCUT2D eigenvalue weighted by molar-refractivity contribution is 7.99. The van der Waals surface area contributed by atoms with E-state index in [0.717, 1.165) is 54.0 Å². The molecule has 0 spiro atoms. The molecule has 2 aliphatic rings. The molecule has 2 aromatic rings. The maximum atomic E-state index is 13.3. The first kappa shape index (κ1) is 19.8. The zero-order chi connectivity index (χ0) is 20.2. The number of nitrogens with one attached hydrogen (secondary N) is 2. The van der Waals surface area contributed by atoms with Crippen molar-refractivity contribution in [1.82, 2.24) is 0 Å². The monoisotopic (exact) mass is 414 g/mol. The van der Waals surface area contributed by atoms with Crippen LogP contribution < -0.4 is 15.1 Å². The molecule has 0 atom stereocenters. The molecule has 0 unspecified atom stereocenters. The van der Waals surface area contributed by atoms with Crippen LogP contribution in [0.15, 0.2) is 52.3 Å². The number of methoxy groups -OCH3 is 1. The van der Waals surface area contributed by atoms with Gasteiger partial charge in [-0.3, -0.25) is 15.0 Å². The van der Waals surface area contributed by atoms with Gasteiger partial charge in [0.15, 0.2) is 0 Å². The Hall–Kier alpha value is -2.55. The van der Waals surface area contributed by atoms with Crippen molar-refractivity contribution in [3.63, 3.8) is 0 Å². The van der Waals surface area contributed by atoms with Crippen LogP contribution in [-0.2, 0) is 14.3 Å². The molecule has 2 heterocycles. The highest BCUT2D eigenvalue weighted by Gasteiger charge is 2.29. The molecule has 1 saturated heterocycles. The molecule has 2 aliphatic heterocycles. The quantitative estimate of drug-likeness (QED) is 0.803. The predicted octanol–water partition coefficient (Wildman–Crippen LogP) is 2.30. The fourth-order valence-electron chi connectivity index (χ4n) is 3.58. The van der Waals surface area contributed by atoms with Gasteiger partial charge in [-0.05, 0) is 30.3 Å². The van der Waals surface area contributed by atoms with E-state index < -0.39 is 6.09 Å². The number of amides is 2. The van der Waals surface area contributed by atoms with E-state index in [2.05, 4.69) is 10.1 Å². The molecule has 0 bridgehead atoms. The summed E-state index contributed by atoms with van der Waals surface area (Å²) < 4.78 is 10.1. The van der Waals surface area contributed by atoms with Crippen molar-refractivity contribution >= 4 is 40.8 Å². The molecule has 2 aromatic carbocycles. The number of quaternary nitrogens is 1. The Kier molecular flexibility index (Phi) is 6.03. The molecular formula is C21H24N3O4S+. The molecule has 0 aliphatic carbocycles. The van der Waals surface area contributed by atoms with Crippen molar-refractivity contribution in [2.45, 2.75) is 16.2 Å². The van der Waals surface area contributed by atoms with E-state index in [-0.39, 0.29) is 5.91 Å². The van der Waals surface area contributed by atoms with Crippen LogP contribution in [0.4, 0.5) is 21.9 Å². The van der Waals surface area contributed by atoms with Crippen molar-refractivity contribution in [3.8, 4) is 0 Å². The third-order valence-corrected chi connectivity index (χ3v) is 6.23. The maximum Gasteiger partial charge on any atom is 0.411 e. The van der Waals surface area contributed by atoms with Gasteiger partial charge in [0.2, 0.25) is 5.91 Å². The van der Waals surface area contributed by atoms with E-state index in [1.54, 1.807) is 16.7 Å². The summed E-state index contributed by atoms with van der Waals surface area (Å²) in [5.74, 6) is 0.0493. The maximum absolute atomic E-state index is 13.3. The average molecular weight is 415 g/mol. The summed E-state index contributed by atoms with van der Waals surface area (Å²) >= 11 is 1.62. The first-order chi connectivity index (χ1) is 14.2. The number of hydrogen-bond donors (Lipinski definition) is 2. The van der Waals surface area contributed by atoms with Crippen LogP contribution in [0, 0.1) is 0 Å². The summed E-state index contributed by atoms with van der Waals surface area (Å²) in [5, 5.41) is 2.68. The molecule has 4 rings (SSSR count). The highest BCUT2D eigenvalue weighted by atomic mass is 32.2. The van der Waals surface area contributed by atoms with Gasteiger partial charge in [-0.25, -0.2) is 4.79 Å². The average Bonchev–Trinajstić information content (AvgIpc) is 2.76. The zero-order valence-corrected chi connectivity index (χ0v) is 17.1. The Morgan fingerprint density at radius 2 is 1.90 bits per heavy atom. The second-order valence-corrected chi connectivity index (χ2v) is 8.04. The largest absolute Gasteiger partial charge is 0.453 e. The van der Waals surface area contributed by atoms with Gasteiger partial charge >= 0.3 is 6.09 Å². The number of nitrogens with zero attached hydrogens (tertiary/aromatic N) is 1. The number of anilines is 3. The Morgan fingerprint density at radius 1 is 1.14 bits per heavy atom. The number of morpholine rings is 1. The second-order valence-electron chi connectivity index (χ2n) is 6.96. The van der Waals surface area contributed by atoms with Gasteiger partial charge in [-0.15, -0.1) is 0 Å². The molecule has 7 nitrogen and oxygen atoms in total. The van der Waals surface area contributed by atoms with E-state index in [0.29, 0.717) is 12.1 Å². The first-order valence-corrected chi connectivity index (χ1v) is 10.5. The number of fused-ring (bicyclic) bond motifs is 2. The highest BCUT2D eigenvalue weighted by Crippen LogP contribution is 2.49. The van der Waals surface area contributed by atoms with Gasteiger partial charge in [0.05, 0.1) is 44.7 Å². The minimum Gasteiger partial charge on any atom is -0.453 e. The molecule has 0 radical (unpaired) electrons. The van der Waals surface area contributed by atoms with Gasteiger partial charge in [0, 0.05) is 15.5 Å². The lowest BCUT2D eigenvalue weighted by Crippen LogP contribution is -3.14. The fourth-order valence-corrected chi connectivity index (χ4v) is 4.61. The third kappa shape index (κ3) is 4.39. The second kappa shape index (κ2) is 8.86. The van der Waals surface area contributed by atoms with Crippen molar-refractivity contribution < 1.29 is 24.0 Å². The predicted molar refractivity (Wildman–Crippen MR) is 111 cm³/mol. The lowest BCUT2D eigenvalue weighted by Gasteiger charge is -2.32. The Bertz CT molecular complexity index is 915. The van der Waals surface area contributed by atoms with Crippen LogP contribution in [0.25, 0.3) is 0 Å². The topological polar surface area (TPSA) is 72.3 Å². The smallest absolute Gasteiger partial charge is 0.411 e. The van der Waals surface area contributed by atoms with Gasteiger partial charge < -0.3 is 14.4 Å². The Balaban J connectivity index is 1.61. The number of para-hydroxylation sites is 1. The molecule has 0 aromatic heterocycles. The fraction of sp³-hybridized carbons (Fsp3) is 0.333. The van der Waals surface area contributed by atoms with Crippen molar-refractivity contribution in [2.24, 2.45) is 0 Å². The number of benzene rings is 2. The van der Waals surface area contributed by atoms with E-state index >= 15 is 0 Å². The Morgan fingerprint density at radius 3 is 2.69 bits per heavy atom. The molecule has 1 fully saturated rings. The number of hydrogen-bond acceptors (Lipinski definition) is 5. The minimum absolute atomic E-state index is 0.0493.